The van der Waals surface area contributed by atoms with Crippen molar-refractivity contribution in [3.05, 3.63) is 65.5 Å². The molecule has 0 bridgehead atoms. The summed E-state index contributed by atoms with van der Waals surface area (Å²) in [7, 11) is 0. The van der Waals surface area contributed by atoms with Crippen molar-refractivity contribution in [3.8, 4) is 23.7 Å². The fourth-order valence-corrected chi connectivity index (χ4v) is 2.14. The van der Waals surface area contributed by atoms with Gasteiger partial charge < -0.3 is 20.1 Å². The second kappa shape index (κ2) is 11.9. The van der Waals surface area contributed by atoms with Gasteiger partial charge in [-0.1, -0.05) is 48.1 Å². The van der Waals surface area contributed by atoms with Crippen molar-refractivity contribution in [1.29, 1.82) is 0 Å². The minimum atomic E-state index is -0.548. The number of carbonyl (C=O) groups is 2. The van der Waals surface area contributed by atoms with Gasteiger partial charge in [-0.3, -0.25) is 0 Å². The Hall–Kier alpha value is -3.97. The molecule has 0 radical (unpaired) electrons. The molecule has 7 nitrogen and oxygen atoms in total. The van der Waals surface area contributed by atoms with E-state index in [1.807, 2.05) is 30.3 Å². The molecule has 1 aromatic heterocycles. The summed E-state index contributed by atoms with van der Waals surface area (Å²) in [4.78, 5) is 27.4. The molecule has 0 spiro atoms. The third kappa shape index (κ3) is 10.4. The highest BCUT2D eigenvalue weighted by Crippen LogP contribution is 2.06. The fourth-order valence-electron chi connectivity index (χ4n) is 2.14. The maximum absolute atomic E-state index is 11.6. The summed E-state index contributed by atoms with van der Waals surface area (Å²) in [5.74, 6) is 11.4. The van der Waals surface area contributed by atoms with E-state index in [0.29, 0.717) is 11.3 Å². The zero-order chi connectivity index (χ0) is 22.5. The van der Waals surface area contributed by atoms with Crippen LogP contribution in [0.15, 0.2) is 48.7 Å². The second-order valence-corrected chi connectivity index (χ2v) is 7.31. The Morgan fingerprint density at radius 3 is 2.26 bits per heavy atom. The number of amides is 2. The van der Waals surface area contributed by atoms with Crippen molar-refractivity contribution < 1.29 is 19.1 Å². The molecule has 2 amide bonds. The number of ether oxygens (including phenoxy) is 2. The van der Waals surface area contributed by atoms with E-state index in [1.54, 1.807) is 39.1 Å². The number of carbonyl (C=O) groups excluding carboxylic acids is 2. The second-order valence-electron chi connectivity index (χ2n) is 7.31. The van der Waals surface area contributed by atoms with Crippen LogP contribution in [-0.4, -0.2) is 35.9 Å². The van der Waals surface area contributed by atoms with Crippen LogP contribution >= 0.6 is 0 Å². The summed E-state index contributed by atoms with van der Waals surface area (Å²) in [6.45, 7) is 5.90. The summed E-state index contributed by atoms with van der Waals surface area (Å²) in [5.41, 5.74) is 1.61. The predicted octanol–water partition coefficient (Wildman–Crippen LogP) is 3.24. The molecule has 160 valence electrons. The largest absolute Gasteiger partial charge is 0.445 e. The predicted molar refractivity (Wildman–Crippen MR) is 117 cm³/mol. The van der Waals surface area contributed by atoms with E-state index in [4.69, 9.17) is 9.47 Å². The summed E-state index contributed by atoms with van der Waals surface area (Å²) in [6.07, 6.45) is 0.547. The van der Waals surface area contributed by atoms with Crippen LogP contribution in [0.2, 0.25) is 0 Å². The van der Waals surface area contributed by atoms with Gasteiger partial charge >= 0.3 is 12.2 Å². The van der Waals surface area contributed by atoms with E-state index in [9.17, 15) is 9.59 Å². The standard InChI is InChI=1S/C24H25N3O4/c1-24(2,3)31-23(29)26-16-8-12-21-14-13-19(17-27-21)11-7-15-25-22(28)30-18-20-9-5-4-6-10-20/h4-6,9-10,13-14,17H,15-16,18H2,1-3H3,(H,25,28)(H,26,29). The Kier molecular flexibility index (Phi) is 8.94. The van der Waals surface area contributed by atoms with Crippen molar-refractivity contribution >= 4 is 12.2 Å². The average Bonchev–Trinajstić information content (AvgIpc) is 2.73. The Morgan fingerprint density at radius 2 is 1.61 bits per heavy atom. The number of nitrogens with one attached hydrogen (secondary N) is 2. The van der Waals surface area contributed by atoms with Gasteiger partial charge in [0.05, 0.1) is 13.1 Å². The van der Waals surface area contributed by atoms with E-state index >= 15 is 0 Å². The highest BCUT2D eigenvalue weighted by molar-refractivity contribution is 5.68. The molecule has 2 rings (SSSR count). The normalized spacial score (nSPS) is 9.90. The number of alkyl carbamates (subject to hydrolysis) is 2. The molecule has 0 atom stereocenters. The number of hydrogen-bond donors (Lipinski definition) is 2. The van der Waals surface area contributed by atoms with Gasteiger partial charge in [-0.15, -0.1) is 0 Å². The van der Waals surface area contributed by atoms with Crippen LogP contribution in [0.25, 0.3) is 0 Å². The van der Waals surface area contributed by atoms with Crippen molar-refractivity contribution in [2.75, 3.05) is 13.1 Å². The lowest BCUT2D eigenvalue weighted by atomic mass is 10.2. The summed E-state index contributed by atoms with van der Waals surface area (Å²) < 4.78 is 10.2. The van der Waals surface area contributed by atoms with E-state index in [-0.39, 0.29) is 19.7 Å². The molecule has 1 aromatic carbocycles. The maximum Gasteiger partial charge on any atom is 0.408 e. The zero-order valence-corrected chi connectivity index (χ0v) is 17.8. The van der Waals surface area contributed by atoms with Crippen molar-refractivity contribution in [1.82, 2.24) is 15.6 Å². The van der Waals surface area contributed by atoms with Crippen molar-refractivity contribution in [3.63, 3.8) is 0 Å². The molecule has 0 unspecified atom stereocenters. The number of hydrogen-bond acceptors (Lipinski definition) is 5. The molecule has 0 saturated carbocycles. The average molecular weight is 419 g/mol. The Morgan fingerprint density at radius 1 is 0.935 bits per heavy atom. The van der Waals surface area contributed by atoms with Crippen LogP contribution in [0.1, 0.15) is 37.6 Å². The molecule has 0 saturated heterocycles. The molecular weight excluding hydrogens is 394 g/mol. The first-order chi connectivity index (χ1) is 14.8. The van der Waals surface area contributed by atoms with Gasteiger partial charge in [0.15, 0.2) is 0 Å². The minimum Gasteiger partial charge on any atom is -0.445 e. The van der Waals surface area contributed by atoms with E-state index in [1.165, 1.54) is 0 Å². The smallest absolute Gasteiger partial charge is 0.408 e. The third-order valence-electron chi connectivity index (χ3n) is 3.47. The number of aromatic nitrogens is 1. The van der Waals surface area contributed by atoms with E-state index in [2.05, 4.69) is 39.3 Å². The lowest BCUT2D eigenvalue weighted by molar-refractivity contribution is 0.0535. The third-order valence-corrected chi connectivity index (χ3v) is 3.47. The van der Waals surface area contributed by atoms with Crippen LogP contribution < -0.4 is 10.6 Å². The molecule has 0 aliphatic heterocycles. The van der Waals surface area contributed by atoms with Gasteiger partial charge in [-0.2, -0.15) is 0 Å². The first-order valence-corrected chi connectivity index (χ1v) is 9.67. The summed E-state index contributed by atoms with van der Waals surface area (Å²) >= 11 is 0. The van der Waals surface area contributed by atoms with Crippen LogP contribution in [0, 0.1) is 23.7 Å². The lowest BCUT2D eigenvalue weighted by Crippen LogP contribution is -2.32. The molecule has 2 N–H and O–H groups in total. The highest BCUT2D eigenvalue weighted by atomic mass is 16.6. The number of pyridine rings is 1. The van der Waals surface area contributed by atoms with Gasteiger partial charge in [0.2, 0.25) is 0 Å². The van der Waals surface area contributed by atoms with Gasteiger partial charge in [-0.05, 0) is 44.4 Å². The SMILES string of the molecule is CC(C)(C)OC(=O)NCC#Cc1ccc(C#CCNC(=O)OCc2ccccc2)cn1. The molecule has 2 aromatic rings. The molecule has 0 aliphatic rings. The molecule has 7 heteroatoms. The quantitative estimate of drug-likeness (QED) is 0.743. The number of rotatable bonds is 4. The molecule has 0 aliphatic carbocycles. The summed E-state index contributed by atoms with van der Waals surface area (Å²) in [6, 6.07) is 12.9. The minimum absolute atomic E-state index is 0.157. The first-order valence-electron chi connectivity index (χ1n) is 9.67. The topological polar surface area (TPSA) is 89.6 Å². The fraction of sp³-hybridized carbons (Fsp3) is 0.292. The zero-order valence-electron chi connectivity index (χ0n) is 17.8. The molecule has 31 heavy (non-hydrogen) atoms. The van der Waals surface area contributed by atoms with Gasteiger partial charge in [0, 0.05) is 11.8 Å². The molecule has 1 heterocycles. The van der Waals surface area contributed by atoms with Crippen LogP contribution in [0.5, 0.6) is 0 Å². The van der Waals surface area contributed by atoms with Crippen LogP contribution in [0.3, 0.4) is 0 Å². The maximum atomic E-state index is 11.6. The number of nitrogens with zero attached hydrogens (tertiary/aromatic N) is 1. The summed E-state index contributed by atoms with van der Waals surface area (Å²) in [5, 5.41) is 5.12. The van der Waals surface area contributed by atoms with Crippen molar-refractivity contribution in [2.45, 2.75) is 33.0 Å². The molecule has 0 fully saturated rings. The first kappa shape index (κ1) is 23.3. The Labute approximate surface area is 182 Å². The molecular formula is C24H25N3O4. The van der Waals surface area contributed by atoms with Gasteiger partial charge in [0.25, 0.3) is 0 Å². The van der Waals surface area contributed by atoms with E-state index in [0.717, 1.165) is 5.56 Å². The van der Waals surface area contributed by atoms with Gasteiger partial charge in [0.1, 0.15) is 17.9 Å². The monoisotopic (exact) mass is 419 g/mol. The highest BCUT2D eigenvalue weighted by Gasteiger charge is 2.14. The van der Waals surface area contributed by atoms with Crippen molar-refractivity contribution in [2.24, 2.45) is 0 Å². The lowest BCUT2D eigenvalue weighted by Gasteiger charge is -2.18. The van der Waals surface area contributed by atoms with Crippen LogP contribution in [0.4, 0.5) is 9.59 Å². The Bertz CT molecular complexity index is 989. The number of benzene rings is 1. The van der Waals surface area contributed by atoms with E-state index < -0.39 is 17.8 Å². The van der Waals surface area contributed by atoms with Gasteiger partial charge in [-0.25, -0.2) is 14.6 Å². The van der Waals surface area contributed by atoms with Crippen LogP contribution in [-0.2, 0) is 16.1 Å². The Balaban J connectivity index is 1.70.